The minimum atomic E-state index is -3.55. The maximum absolute atomic E-state index is 13.1. The van der Waals surface area contributed by atoms with Crippen molar-refractivity contribution in [1.29, 1.82) is 0 Å². The molecule has 1 aliphatic rings. The van der Waals surface area contributed by atoms with E-state index in [-0.39, 0.29) is 16.7 Å². The molecule has 8 heteroatoms. The first-order chi connectivity index (χ1) is 13.9. The zero-order valence-electron chi connectivity index (χ0n) is 16.3. The lowest BCUT2D eigenvalue weighted by atomic mass is 9.97. The molecule has 1 aliphatic heterocycles. The molecule has 3 aromatic rings. The summed E-state index contributed by atoms with van der Waals surface area (Å²) in [6.45, 7) is 3.43. The number of H-pyrrole nitrogens is 1. The van der Waals surface area contributed by atoms with Crippen molar-refractivity contribution in [2.75, 3.05) is 19.6 Å². The van der Waals surface area contributed by atoms with Gasteiger partial charge in [-0.15, -0.1) is 0 Å². The summed E-state index contributed by atoms with van der Waals surface area (Å²) in [7, 11) is -3.55. The van der Waals surface area contributed by atoms with Crippen LogP contribution in [0.15, 0.2) is 53.6 Å². The second-order valence-electron chi connectivity index (χ2n) is 7.56. The van der Waals surface area contributed by atoms with Crippen LogP contribution >= 0.6 is 0 Å². The maximum Gasteiger partial charge on any atom is 0.256 e. The van der Waals surface area contributed by atoms with Gasteiger partial charge in [0.05, 0.1) is 22.2 Å². The van der Waals surface area contributed by atoms with E-state index in [1.807, 2.05) is 24.0 Å². The van der Waals surface area contributed by atoms with Gasteiger partial charge in [0.15, 0.2) is 0 Å². The summed E-state index contributed by atoms with van der Waals surface area (Å²) in [4.78, 5) is 15.1. The summed E-state index contributed by atoms with van der Waals surface area (Å²) in [5.74, 6) is 0.0276. The number of hydrogen-bond acceptors (Lipinski definition) is 4. The molecule has 0 saturated carbocycles. The van der Waals surface area contributed by atoms with Crippen molar-refractivity contribution < 1.29 is 13.2 Å². The lowest BCUT2D eigenvalue weighted by Gasteiger charge is -2.33. The van der Waals surface area contributed by atoms with Crippen LogP contribution in [0.3, 0.4) is 0 Å². The van der Waals surface area contributed by atoms with Gasteiger partial charge in [0.25, 0.3) is 5.91 Å². The summed E-state index contributed by atoms with van der Waals surface area (Å²) in [6.07, 6.45) is 3.43. The van der Waals surface area contributed by atoms with E-state index in [9.17, 15) is 13.2 Å². The molecule has 2 heterocycles. The van der Waals surface area contributed by atoms with Gasteiger partial charge in [-0.1, -0.05) is 29.8 Å². The molecule has 29 heavy (non-hydrogen) atoms. The zero-order chi connectivity index (χ0) is 20.4. The van der Waals surface area contributed by atoms with Gasteiger partial charge in [-0.2, -0.15) is 5.10 Å². The highest BCUT2D eigenvalue weighted by Gasteiger charge is 2.27. The first-order valence-electron chi connectivity index (χ1n) is 9.72. The number of nitrogens with one attached hydrogen (secondary N) is 2. The summed E-state index contributed by atoms with van der Waals surface area (Å²) in [6, 6.07) is 12.3. The summed E-state index contributed by atoms with van der Waals surface area (Å²) in [5, 5.41) is 7.82. The minimum Gasteiger partial charge on any atom is -0.338 e. The normalized spacial score (nSPS) is 17.6. The average molecular weight is 413 g/mol. The Labute approximate surface area is 170 Å². The number of carbonyl (C=O) groups is 1. The Kier molecular flexibility index (Phi) is 5.38. The lowest BCUT2D eigenvalue weighted by molar-refractivity contribution is 0.0678. The van der Waals surface area contributed by atoms with Crippen molar-refractivity contribution >= 4 is 26.8 Å². The number of carbonyl (C=O) groups excluding carboxylic acids is 1. The summed E-state index contributed by atoms with van der Waals surface area (Å²) >= 11 is 0. The standard InChI is InChI=1S/C21H24N4O3S/c1-15-7-9-18(10-8-15)29(27,28)23-12-16-4-3-11-25(14-16)21(26)19-6-2-5-17-13-22-24-20(17)19/h2,5-10,13,16,23H,3-4,11-12,14H2,1H3,(H,22,24). The number of aromatic nitrogens is 2. The van der Waals surface area contributed by atoms with Crippen molar-refractivity contribution in [2.24, 2.45) is 5.92 Å². The van der Waals surface area contributed by atoms with Crippen molar-refractivity contribution in [3.63, 3.8) is 0 Å². The van der Waals surface area contributed by atoms with Crippen molar-refractivity contribution in [1.82, 2.24) is 19.8 Å². The second-order valence-corrected chi connectivity index (χ2v) is 9.33. The summed E-state index contributed by atoms with van der Waals surface area (Å²) < 4.78 is 27.8. The number of likely N-dealkylation sites (tertiary alicyclic amines) is 1. The molecule has 2 N–H and O–H groups in total. The van der Waals surface area contributed by atoms with E-state index in [1.165, 1.54) is 0 Å². The highest BCUT2D eigenvalue weighted by Crippen LogP contribution is 2.22. The number of para-hydroxylation sites is 1. The third-order valence-corrected chi connectivity index (χ3v) is 6.85. The Balaban J connectivity index is 1.42. The number of hydrogen-bond donors (Lipinski definition) is 2. The van der Waals surface area contributed by atoms with Crippen LogP contribution in [0.1, 0.15) is 28.8 Å². The molecule has 1 saturated heterocycles. The molecule has 4 rings (SSSR count). The maximum atomic E-state index is 13.1. The smallest absolute Gasteiger partial charge is 0.256 e. The van der Waals surface area contributed by atoms with Gasteiger partial charge in [-0.25, -0.2) is 13.1 Å². The molecule has 1 fully saturated rings. The Bertz CT molecular complexity index is 1120. The van der Waals surface area contributed by atoms with Crippen LogP contribution in [0.4, 0.5) is 0 Å². The van der Waals surface area contributed by atoms with Crippen LogP contribution in [0.5, 0.6) is 0 Å². The van der Waals surface area contributed by atoms with E-state index >= 15 is 0 Å². The van der Waals surface area contributed by atoms with E-state index in [2.05, 4.69) is 14.9 Å². The zero-order valence-corrected chi connectivity index (χ0v) is 17.1. The third kappa shape index (κ3) is 4.18. The van der Waals surface area contributed by atoms with E-state index in [0.29, 0.717) is 25.2 Å². The molecule has 2 aromatic carbocycles. The monoisotopic (exact) mass is 412 g/mol. The largest absolute Gasteiger partial charge is 0.338 e. The van der Waals surface area contributed by atoms with E-state index < -0.39 is 10.0 Å². The predicted octanol–water partition coefficient (Wildman–Crippen LogP) is 2.70. The van der Waals surface area contributed by atoms with Crippen molar-refractivity contribution in [2.45, 2.75) is 24.7 Å². The molecule has 0 aliphatic carbocycles. The number of nitrogens with zero attached hydrogens (tertiary/aromatic N) is 2. The fraction of sp³-hybridized carbons (Fsp3) is 0.333. The Hall–Kier alpha value is -2.71. The van der Waals surface area contributed by atoms with Gasteiger partial charge in [-0.05, 0) is 43.9 Å². The van der Waals surface area contributed by atoms with Crippen LogP contribution in [-0.2, 0) is 10.0 Å². The number of rotatable bonds is 5. The highest BCUT2D eigenvalue weighted by atomic mass is 32.2. The molecule has 1 atom stereocenters. The highest BCUT2D eigenvalue weighted by molar-refractivity contribution is 7.89. The first kappa shape index (κ1) is 19.6. The van der Waals surface area contributed by atoms with Gasteiger partial charge in [0.2, 0.25) is 10.0 Å². The average Bonchev–Trinajstić information content (AvgIpc) is 3.21. The SMILES string of the molecule is Cc1ccc(S(=O)(=O)NCC2CCCN(C(=O)c3cccc4cn[nH]c34)C2)cc1. The number of fused-ring (bicyclic) bond motifs is 1. The molecule has 1 unspecified atom stereocenters. The fourth-order valence-electron chi connectivity index (χ4n) is 3.76. The lowest BCUT2D eigenvalue weighted by Crippen LogP contribution is -2.43. The second kappa shape index (κ2) is 7.96. The third-order valence-electron chi connectivity index (χ3n) is 5.41. The van der Waals surface area contributed by atoms with Gasteiger partial charge >= 0.3 is 0 Å². The van der Waals surface area contributed by atoms with Gasteiger partial charge in [0, 0.05) is 25.0 Å². The molecule has 1 amide bonds. The summed E-state index contributed by atoms with van der Waals surface area (Å²) in [5.41, 5.74) is 2.35. The minimum absolute atomic E-state index is 0.0501. The van der Waals surface area contributed by atoms with Crippen molar-refractivity contribution in [3.8, 4) is 0 Å². The van der Waals surface area contributed by atoms with Gasteiger partial charge < -0.3 is 4.90 Å². The Morgan fingerprint density at radius 3 is 2.83 bits per heavy atom. The van der Waals surface area contributed by atoms with Crippen LogP contribution in [0.25, 0.3) is 10.9 Å². The quantitative estimate of drug-likeness (QED) is 0.674. The topological polar surface area (TPSA) is 95.2 Å². The number of piperidine rings is 1. The molecule has 152 valence electrons. The molecule has 0 bridgehead atoms. The predicted molar refractivity (Wildman–Crippen MR) is 111 cm³/mol. The molecular formula is C21H24N4O3S. The molecule has 1 aromatic heterocycles. The van der Waals surface area contributed by atoms with Crippen LogP contribution < -0.4 is 4.72 Å². The molecule has 7 nitrogen and oxygen atoms in total. The van der Waals surface area contributed by atoms with Crippen molar-refractivity contribution in [3.05, 3.63) is 59.8 Å². The van der Waals surface area contributed by atoms with E-state index in [1.54, 1.807) is 36.5 Å². The van der Waals surface area contributed by atoms with Gasteiger partial charge in [-0.3, -0.25) is 9.89 Å². The number of benzene rings is 2. The van der Waals surface area contributed by atoms with Crippen LogP contribution in [0, 0.1) is 12.8 Å². The first-order valence-corrected chi connectivity index (χ1v) is 11.2. The van der Waals surface area contributed by atoms with E-state index in [4.69, 9.17) is 0 Å². The molecule has 0 radical (unpaired) electrons. The molecular weight excluding hydrogens is 388 g/mol. The van der Waals surface area contributed by atoms with Crippen LogP contribution in [0.2, 0.25) is 0 Å². The number of amides is 1. The van der Waals surface area contributed by atoms with Crippen LogP contribution in [-0.4, -0.2) is 49.1 Å². The number of sulfonamides is 1. The van der Waals surface area contributed by atoms with Gasteiger partial charge in [0.1, 0.15) is 0 Å². The fourth-order valence-corrected chi connectivity index (χ4v) is 4.88. The Morgan fingerprint density at radius 2 is 2.03 bits per heavy atom. The molecule has 0 spiro atoms. The number of aryl methyl sites for hydroxylation is 1. The number of aromatic amines is 1. The van der Waals surface area contributed by atoms with E-state index in [0.717, 1.165) is 29.3 Å². The Morgan fingerprint density at radius 1 is 1.24 bits per heavy atom.